The lowest BCUT2D eigenvalue weighted by molar-refractivity contribution is 0.102. The predicted molar refractivity (Wildman–Crippen MR) is 105 cm³/mol. The van der Waals surface area contributed by atoms with E-state index >= 15 is 0 Å². The molecule has 3 aromatic rings. The standard InChI is InChI=1S/C20H19ClN4O/c1-12-7-8-15(9-16(12)21)24-20(26)17-10-23-18(11-22-17)25-19-13(2)5-4-6-14(19)3/h4-11H,1-3H3,(H,23,25)(H,24,26). The Labute approximate surface area is 157 Å². The van der Waals surface area contributed by atoms with Crippen LogP contribution in [0.1, 0.15) is 27.2 Å². The summed E-state index contributed by atoms with van der Waals surface area (Å²) in [7, 11) is 0. The number of carbonyl (C=O) groups excluding carboxylic acids is 1. The van der Waals surface area contributed by atoms with E-state index in [9.17, 15) is 4.79 Å². The van der Waals surface area contributed by atoms with Gasteiger partial charge in [-0.25, -0.2) is 9.97 Å². The van der Waals surface area contributed by atoms with Gasteiger partial charge < -0.3 is 10.6 Å². The number of rotatable bonds is 4. The highest BCUT2D eigenvalue weighted by Crippen LogP contribution is 2.23. The minimum atomic E-state index is -0.337. The molecular formula is C20H19ClN4O. The van der Waals surface area contributed by atoms with Gasteiger partial charge in [0.25, 0.3) is 5.91 Å². The van der Waals surface area contributed by atoms with Gasteiger partial charge in [-0.3, -0.25) is 4.79 Å². The van der Waals surface area contributed by atoms with Gasteiger partial charge in [-0.2, -0.15) is 0 Å². The SMILES string of the molecule is Cc1ccc(NC(=O)c2cnc(Nc3c(C)cccc3C)cn2)cc1Cl. The molecule has 0 saturated carbocycles. The van der Waals surface area contributed by atoms with E-state index in [4.69, 9.17) is 11.6 Å². The monoisotopic (exact) mass is 366 g/mol. The molecule has 6 heteroatoms. The van der Waals surface area contributed by atoms with Gasteiger partial charge in [0, 0.05) is 16.4 Å². The fourth-order valence-electron chi connectivity index (χ4n) is 2.52. The van der Waals surface area contributed by atoms with E-state index in [-0.39, 0.29) is 11.6 Å². The van der Waals surface area contributed by atoms with Crippen molar-refractivity contribution in [3.8, 4) is 0 Å². The Balaban J connectivity index is 1.72. The Kier molecular flexibility index (Phi) is 5.19. The van der Waals surface area contributed by atoms with Crippen molar-refractivity contribution in [1.29, 1.82) is 0 Å². The van der Waals surface area contributed by atoms with Crippen molar-refractivity contribution in [2.45, 2.75) is 20.8 Å². The van der Waals surface area contributed by atoms with E-state index in [0.29, 0.717) is 16.5 Å². The summed E-state index contributed by atoms with van der Waals surface area (Å²) in [5.41, 5.74) is 5.02. The zero-order valence-electron chi connectivity index (χ0n) is 14.8. The van der Waals surface area contributed by atoms with Crippen LogP contribution in [0.4, 0.5) is 17.2 Å². The number of hydrogen-bond donors (Lipinski definition) is 2. The number of aryl methyl sites for hydroxylation is 3. The lowest BCUT2D eigenvalue weighted by Gasteiger charge is -2.12. The van der Waals surface area contributed by atoms with Crippen LogP contribution < -0.4 is 10.6 Å². The number of aromatic nitrogens is 2. The van der Waals surface area contributed by atoms with Gasteiger partial charge in [0.05, 0.1) is 12.4 Å². The molecule has 0 bridgehead atoms. The van der Waals surface area contributed by atoms with Gasteiger partial charge in [0.15, 0.2) is 0 Å². The van der Waals surface area contributed by atoms with E-state index in [1.54, 1.807) is 18.3 Å². The maximum atomic E-state index is 12.3. The van der Waals surface area contributed by atoms with Crippen molar-refractivity contribution >= 4 is 34.7 Å². The molecule has 26 heavy (non-hydrogen) atoms. The number of nitrogens with zero attached hydrogens (tertiary/aromatic N) is 2. The zero-order chi connectivity index (χ0) is 18.7. The summed E-state index contributed by atoms with van der Waals surface area (Å²) in [6.07, 6.45) is 2.99. The molecule has 5 nitrogen and oxygen atoms in total. The van der Waals surface area contributed by atoms with Crippen LogP contribution in [-0.2, 0) is 0 Å². The second-order valence-corrected chi connectivity index (χ2v) is 6.50. The molecule has 3 rings (SSSR count). The van der Waals surface area contributed by atoms with Crippen molar-refractivity contribution in [3.05, 3.63) is 76.2 Å². The van der Waals surface area contributed by atoms with Crippen LogP contribution in [0.15, 0.2) is 48.8 Å². The third-order valence-electron chi connectivity index (χ3n) is 4.05. The number of amides is 1. The summed E-state index contributed by atoms with van der Waals surface area (Å²) in [4.78, 5) is 20.8. The molecule has 2 N–H and O–H groups in total. The molecule has 0 atom stereocenters. The molecule has 0 aliphatic carbocycles. The van der Waals surface area contributed by atoms with Crippen LogP contribution in [0.25, 0.3) is 0 Å². The maximum absolute atomic E-state index is 12.3. The lowest BCUT2D eigenvalue weighted by Crippen LogP contribution is -2.14. The van der Waals surface area contributed by atoms with E-state index in [1.807, 2.05) is 45.0 Å². The largest absolute Gasteiger partial charge is 0.339 e. The average molecular weight is 367 g/mol. The van der Waals surface area contributed by atoms with Gasteiger partial charge in [-0.05, 0) is 49.6 Å². The van der Waals surface area contributed by atoms with Crippen LogP contribution in [0, 0.1) is 20.8 Å². The minimum Gasteiger partial charge on any atom is -0.339 e. The van der Waals surface area contributed by atoms with Gasteiger partial charge in [-0.1, -0.05) is 35.9 Å². The molecule has 0 fully saturated rings. The van der Waals surface area contributed by atoms with Crippen LogP contribution >= 0.6 is 11.6 Å². The van der Waals surface area contributed by atoms with E-state index in [2.05, 4.69) is 20.6 Å². The van der Waals surface area contributed by atoms with E-state index in [1.165, 1.54) is 6.20 Å². The number of carbonyl (C=O) groups is 1. The zero-order valence-corrected chi connectivity index (χ0v) is 15.6. The molecule has 0 saturated heterocycles. The second kappa shape index (κ2) is 7.54. The number of nitrogens with one attached hydrogen (secondary N) is 2. The maximum Gasteiger partial charge on any atom is 0.275 e. The molecule has 132 valence electrons. The number of para-hydroxylation sites is 1. The Hall–Kier alpha value is -2.92. The number of hydrogen-bond acceptors (Lipinski definition) is 4. The third-order valence-corrected chi connectivity index (χ3v) is 4.46. The topological polar surface area (TPSA) is 66.9 Å². The number of benzene rings is 2. The first-order valence-corrected chi connectivity index (χ1v) is 8.54. The van der Waals surface area contributed by atoms with Crippen molar-refractivity contribution in [2.24, 2.45) is 0 Å². The quantitative estimate of drug-likeness (QED) is 0.678. The van der Waals surface area contributed by atoms with E-state index < -0.39 is 0 Å². The van der Waals surface area contributed by atoms with Crippen molar-refractivity contribution in [1.82, 2.24) is 9.97 Å². The molecule has 0 aliphatic heterocycles. The first kappa shape index (κ1) is 17.9. The number of anilines is 3. The molecular weight excluding hydrogens is 348 g/mol. The molecule has 1 amide bonds. The van der Waals surface area contributed by atoms with Crippen LogP contribution in [0.5, 0.6) is 0 Å². The number of halogens is 1. The Morgan fingerprint density at radius 2 is 1.69 bits per heavy atom. The highest BCUT2D eigenvalue weighted by molar-refractivity contribution is 6.31. The van der Waals surface area contributed by atoms with Crippen molar-refractivity contribution in [3.63, 3.8) is 0 Å². The molecule has 0 unspecified atom stereocenters. The average Bonchev–Trinajstić information content (AvgIpc) is 2.62. The second-order valence-electron chi connectivity index (χ2n) is 6.10. The predicted octanol–water partition coefficient (Wildman–Crippen LogP) is 5.05. The summed E-state index contributed by atoms with van der Waals surface area (Å²) in [6, 6.07) is 11.4. The minimum absolute atomic E-state index is 0.230. The summed E-state index contributed by atoms with van der Waals surface area (Å²) in [6.45, 7) is 5.95. The smallest absolute Gasteiger partial charge is 0.275 e. The normalized spacial score (nSPS) is 10.5. The molecule has 0 radical (unpaired) electrons. The first-order valence-electron chi connectivity index (χ1n) is 8.17. The van der Waals surface area contributed by atoms with Gasteiger partial charge >= 0.3 is 0 Å². The van der Waals surface area contributed by atoms with E-state index in [0.717, 1.165) is 22.4 Å². The van der Waals surface area contributed by atoms with Crippen LogP contribution in [-0.4, -0.2) is 15.9 Å². The third kappa shape index (κ3) is 4.00. The van der Waals surface area contributed by atoms with Gasteiger partial charge in [0.1, 0.15) is 11.5 Å². The summed E-state index contributed by atoms with van der Waals surface area (Å²) >= 11 is 6.08. The summed E-state index contributed by atoms with van der Waals surface area (Å²) in [5, 5.41) is 6.61. The molecule has 1 heterocycles. The summed E-state index contributed by atoms with van der Waals surface area (Å²) < 4.78 is 0. The lowest BCUT2D eigenvalue weighted by atomic mass is 10.1. The Morgan fingerprint density at radius 3 is 2.31 bits per heavy atom. The first-order chi connectivity index (χ1) is 12.4. The summed E-state index contributed by atoms with van der Waals surface area (Å²) in [5.74, 6) is 0.244. The van der Waals surface area contributed by atoms with Gasteiger partial charge in [0.2, 0.25) is 0 Å². The molecule has 0 aliphatic rings. The Morgan fingerprint density at radius 1 is 0.962 bits per heavy atom. The van der Waals surface area contributed by atoms with Gasteiger partial charge in [-0.15, -0.1) is 0 Å². The fraction of sp³-hybridized carbons (Fsp3) is 0.150. The molecule has 1 aromatic heterocycles. The van der Waals surface area contributed by atoms with Crippen LogP contribution in [0.3, 0.4) is 0 Å². The van der Waals surface area contributed by atoms with Crippen molar-refractivity contribution < 1.29 is 4.79 Å². The molecule has 0 spiro atoms. The van der Waals surface area contributed by atoms with Crippen molar-refractivity contribution in [2.75, 3.05) is 10.6 Å². The van der Waals surface area contributed by atoms with Crippen LogP contribution in [0.2, 0.25) is 5.02 Å². The highest BCUT2D eigenvalue weighted by Gasteiger charge is 2.10. The highest BCUT2D eigenvalue weighted by atomic mass is 35.5. The Bertz CT molecular complexity index is 934. The molecule has 2 aromatic carbocycles. The fourth-order valence-corrected chi connectivity index (χ4v) is 2.70.